The molecular formula is C21H12F5N7O. The third-order valence-electron chi connectivity index (χ3n) is 5.10. The van der Waals surface area contributed by atoms with Gasteiger partial charge in [0.25, 0.3) is 12.3 Å². The Morgan fingerprint density at radius 3 is 2.71 bits per heavy atom. The van der Waals surface area contributed by atoms with Gasteiger partial charge in [-0.3, -0.25) is 15.2 Å². The van der Waals surface area contributed by atoms with E-state index in [-0.39, 0.29) is 11.4 Å². The van der Waals surface area contributed by atoms with Crippen LogP contribution >= 0.6 is 0 Å². The van der Waals surface area contributed by atoms with E-state index in [1.54, 1.807) is 18.2 Å². The van der Waals surface area contributed by atoms with Gasteiger partial charge in [0.2, 0.25) is 0 Å². The van der Waals surface area contributed by atoms with E-state index in [0.717, 1.165) is 18.5 Å². The third-order valence-corrected chi connectivity index (χ3v) is 5.10. The molecule has 0 bridgehead atoms. The Hall–Kier alpha value is -4.42. The lowest BCUT2D eigenvalue weighted by atomic mass is 10.0. The minimum atomic E-state index is -4.97. The fraction of sp³-hybridized carbons (Fsp3) is 0.0952. The van der Waals surface area contributed by atoms with Crippen molar-refractivity contribution in [3.8, 4) is 5.69 Å². The van der Waals surface area contributed by atoms with Crippen molar-refractivity contribution < 1.29 is 26.7 Å². The molecule has 4 aromatic rings. The number of rotatable bonds is 4. The Morgan fingerprint density at radius 1 is 1.12 bits per heavy atom. The molecule has 2 aromatic heterocycles. The monoisotopic (exact) mass is 473 g/mol. The largest absolute Gasteiger partial charge is 0.434 e. The van der Waals surface area contributed by atoms with E-state index >= 15 is 0 Å². The lowest BCUT2D eigenvalue weighted by Gasteiger charge is -2.17. The quantitative estimate of drug-likeness (QED) is 0.353. The molecule has 3 heterocycles. The lowest BCUT2D eigenvalue weighted by molar-refractivity contribution is -0.143. The highest BCUT2D eigenvalue weighted by atomic mass is 19.4. The van der Waals surface area contributed by atoms with Gasteiger partial charge in [-0.1, -0.05) is 17.4 Å². The standard InChI is InChI=1S/C21H12F5N7O/c22-19(23)15-8-10(6-7-27-15)29-20(34)12-9-28-33(18(12)21(24,25)26)16-5-4-14-17-11(16)2-1-3-13(17)30-32-31-14/h1-9,19H,(H,30,31)(H,27,29,34). The average Bonchev–Trinajstić information content (AvgIpc) is 3.26. The van der Waals surface area contributed by atoms with Crippen molar-refractivity contribution in [2.24, 2.45) is 10.3 Å². The fourth-order valence-corrected chi connectivity index (χ4v) is 3.68. The Morgan fingerprint density at radius 2 is 1.94 bits per heavy atom. The Balaban J connectivity index is 1.61. The number of nitrogens with zero attached hydrogens (tertiary/aromatic N) is 5. The van der Waals surface area contributed by atoms with E-state index in [9.17, 15) is 26.7 Å². The molecule has 2 aromatic carbocycles. The minimum Gasteiger partial charge on any atom is -0.322 e. The summed E-state index contributed by atoms with van der Waals surface area (Å²) in [5.74, 6) is -1.16. The summed E-state index contributed by atoms with van der Waals surface area (Å²) in [6, 6.07) is 9.90. The molecule has 8 nitrogen and oxygen atoms in total. The van der Waals surface area contributed by atoms with Crippen LogP contribution in [-0.2, 0) is 6.18 Å². The number of benzene rings is 2. The maximum atomic E-state index is 14.1. The molecule has 1 aliphatic heterocycles. The van der Waals surface area contributed by atoms with Crippen LogP contribution in [0, 0.1) is 0 Å². The van der Waals surface area contributed by atoms with Gasteiger partial charge in [0.05, 0.1) is 28.8 Å². The summed E-state index contributed by atoms with van der Waals surface area (Å²) in [7, 11) is 0. The molecule has 0 aliphatic carbocycles. The first-order valence-corrected chi connectivity index (χ1v) is 9.67. The number of alkyl halides is 5. The van der Waals surface area contributed by atoms with Crippen LogP contribution in [0.25, 0.3) is 16.5 Å². The van der Waals surface area contributed by atoms with Crippen molar-refractivity contribution in [3.63, 3.8) is 0 Å². The van der Waals surface area contributed by atoms with Crippen LogP contribution in [0.1, 0.15) is 28.2 Å². The van der Waals surface area contributed by atoms with Crippen molar-refractivity contribution in [2.75, 3.05) is 10.7 Å². The molecule has 0 radical (unpaired) electrons. The second kappa shape index (κ2) is 7.86. The first-order valence-electron chi connectivity index (χ1n) is 9.67. The highest BCUT2D eigenvalue weighted by molar-refractivity contribution is 6.07. The molecular weight excluding hydrogens is 461 g/mol. The van der Waals surface area contributed by atoms with Crippen molar-refractivity contribution in [3.05, 3.63) is 71.8 Å². The summed E-state index contributed by atoms with van der Waals surface area (Å²) in [6.07, 6.45) is -6.08. The smallest absolute Gasteiger partial charge is 0.322 e. The molecule has 0 saturated heterocycles. The van der Waals surface area contributed by atoms with Gasteiger partial charge >= 0.3 is 6.18 Å². The first-order chi connectivity index (χ1) is 16.2. The van der Waals surface area contributed by atoms with Gasteiger partial charge in [-0.05, 0) is 30.3 Å². The maximum Gasteiger partial charge on any atom is 0.434 e. The molecule has 34 heavy (non-hydrogen) atoms. The predicted octanol–water partition coefficient (Wildman–Crippen LogP) is 6.05. The van der Waals surface area contributed by atoms with Gasteiger partial charge < -0.3 is 5.32 Å². The summed E-state index contributed by atoms with van der Waals surface area (Å²) >= 11 is 0. The Labute approximate surface area is 187 Å². The molecule has 1 amide bonds. The van der Waals surface area contributed by atoms with Crippen LogP contribution in [0.2, 0.25) is 0 Å². The number of pyridine rings is 1. The number of halogens is 5. The summed E-state index contributed by atoms with van der Waals surface area (Å²) < 4.78 is 68.8. The molecule has 0 saturated carbocycles. The van der Waals surface area contributed by atoms with Crippen molar-refractivity contribution in [1.82, 2.24) is 14.8 Å². The summed E-state index contributed by atoms with van der Waals surface area (Å²) in [6.45, 7) is 0. The van der Waals surface area contributed by atoms with Gasteiger partial charge in [0.15, 0.2) is 5.69 Å². The van der Waals surface area contributed by atoms with Crippen LogP contribution in [-0.4, -0.2) is 20.7 Å². The van der Waals surface area contributed by atoms with Gasteiger partial charge in [-0.15, -0.1) is 5.11 Å². The third kappa shape index (κ3) is 3.60. The second-order valence-corrected chi connectivity index (χ2v) is 7.18. The van der Waals surface area contributed by atoms with Gasteiger partial charge in [0, 0.05) is 22.7 Å². The molecule has 0 spiro atoms. The Kier molecular flexibility index (Phi) is 4.96. The normalized spacial score (nSPS) is 12.8. The molecule has 13 heteroatoms. The number of carbonyl (C=O) groups excluding carboxylic acids is 1. The lowest BCUT2D eigenvalue weighted by Crippen LogP contribution is -2.21. The number of hydrogen-bond donors (Lipinski definition) is 2. The molecule has 1 aliphatic rings. The minimum absolute atomic E-state index is 0.0646. The second-order valence-electron chi connectivity index (χ2n) is 7.18. The first kappa shape index (κ1) is 21.4. The van der Waals surface area contributed by atoms with Crippen molar-refractivity contribution in [1.29, 1.82) is 0 Å². The number of aromatic nitrogens is 3. The SMILES string of the molecule is O=C(Nc1ccnc(C(F)F)c1)c1cnn(-c2ccc3c4c(cccc24)NN=N3)c1C(F)(F)F. The number of anilines is 2. The fourth-order valence-electron chi connectivity index (χ4n) is 3.68. The topological polar surface area (TPSA) is 96.6 Å². The van der Waals surface area contributed by atoms with Gasteiger partial charge in [-0.2, -0.15) is 18.3 Å². The van der Waals surface area contributed by atoms with E-state index < -0.39 is 35.5 Å². The number of amides is 1. The highest BCUT2D eigenvalue weighted by Crippen LogP contribution is 2.41. The Bertz CT molecular complexity index is 1460. The van der Waals surface area contributed by atoms with Crippen molar-refractivity contribution in [2.45, 2.75) is 12.6 Å². The number of nitrogens with one attached hydrogen (secondary N) is 2. The molecule has 2 N–H and O–H groups in total. The van der Waals surface area contributed by atoms with Gasteiger partial charge in [0.1, 0.15) is 5.69 Å². The predicted molar refractivity (Wildman–Crippen MR) is 111 cm³/mol. The summed E-state index contributed by atoms with van der Waals surface area (Å²) in [5.41, 5.74) is 0.918. The molecule has 0 atom stereocenters. The zero-order valence-electron chi connectivity index (χ0n) is 16.8. The van der Waals surface area contributed by atoms with E-state index in [0.29, 0.717) is 26.8 Å². The van der Waals surface area contributed by atoms with E-state index in [1.807, 2.05) is 0 Å². The molecule has 0 fully saturated rings. The summed E-state index contributed by atoms with van der Waals surface area (Å²) in [5, 5.41) is 14.7. The van der Waals surface area contributed by atoms with Crippen LogP contribution in [0.4, 0.5) is 39.0 Å². The maximum absolute atomic E-state index is 14.1. The van der Waals surface area contributed by atoms with Gasteiger partial charge in [-0.25, -0.2) is 13.5 Å². The molecule has 172 valence electrons. The van der Waals surface area contributed by atoms with E-state index in [1.165, 1.54) is 18.2 Å². The number of carbonyl (C=O) groups is 1. The van der Waals surface area contributed by atoms with Crippen LogP contribution in [0.5, 0.6) is 0 Å². The van der Waals surface area contributed by atoms with Crippen LogP contribution in [0.15, 0.2) is 65.2 Å². The van der Waals surface area contributed by atoms with Crippen LogP contribution < -0.4 is 10.7 Å². The van der Waals surface area contributed by atoms with Crippen LogP contribution in [0.3, 0.4) is 0 Å². The van der Waals surface area contributed by atoms with E-state index in [4.69, 9.17) is 0 Å². The van der Waals surface area contributed by atoms with Crippen molar-refractivity contribution >= 4 is 33.7 Å². The van der Waals surface area contributed by atoms with E-state index in [2.05, 4.69) is 31.2 Å². The average molecular weight is 473 g/mol. The zero-order chi connectivity index (χ0) is 24.0. The number of hydrogen-bond acceptors (Lipinski definition) is 6. The molecule has 5 rings (SSSR count). The zero-order valence-corrected chi connectivity index (χ0v) is 16.8. The highest BCUT2D eigenvalue weighted by Gasteiger charge is 2.41. The summed E-state index contributed by atoms with van der Waals surface area (Å²) in [4.78, 5) is 16.2. The molecule has 0 unspecified atom stereocenters.